The number of Topliss-reactive ketones (excluding diaryl/α,β-unsaturated/α-hetero) is 1. The van der Waals surface area contributed by atoms with Crippen molar-refractivity contribution in [2.75, 3.05) is 82.1 Å². The van der Waals surface area contributed by atoms with Crippen molar-refractivity contribution in [3.05, 3.63) is 51.9 Å². The number of carbonyl (C=O) groups is 4. The van der Waals surface area contributed by atoms with Gasteiger partial charge in [-0.1, -0.05) is 50.7 Å². The number of aromatic amines is 1. The fourth-order valence-electron chi connectivity index (χ4n) is 1.12. The average Bonchev–Trinajstić information content (AvgIpc) is 3.41. The van der Waals surface area contributed by atoms with E-state index in [0.717, 1.165) is 52.7 Å². The zero-order valence-electron chi connectivity index (χ0n) is 37.8. The van der Waals surface area contributed by atoms with Crippen LogP contribution in [0.1, 0.15) is 60.7 Å². The maximum absolute atomic E-state index is 10.4. The molecule has 2 rings (SSSR count). The van der Waals surface area contributed by atoms with Crippen LogP contribution in [0.25, 0.3) is 0 Å². The Kier molecular flexibility index (Phi) is 62.5. The van der Waals surface area contributed by atoms with Gasteiger partial charge < -0.3 is 34.0 Å². The summed E-state index contributed by atoms with van der Waals surface area (Å²) in [6.45, 7) is 17.4. The van der Waals surface area contributed by atoms with Gasteiger partial charge in [0.2, 0.25) is 29.8 Å². The standard InChI is InChI=1S/C7H8.C4H9NO.C3H4N2OS.C3H7NO3S.C3H9O2P.C3H6O.C2H7O4P.C2H7O3P.C2H7O2P.C2H4O2.2CH4/c1-7-5-3-2-4-6-7;1-4(6)5(2)3;1-2-3(6)5-7-4-2;1-3(5)4-8(2,6)7;1-5-6(2,3)4;1-3(2)4;1-5-7(3,4)6-2;1-5-6(2,3)4;1-5(2,3)4;1-2(3)4;;/h2-6H,1H3;1-3H3;1H3,(H,5,6);1-2H3,(H,4,5);1-3H3;1-2H3;1-2H3,(H,3,4);1-2H3,(H,3,4);1-2H3,(H,3,4);1H3,(H,3,4);2*1H4. The molecule has 0 aliphatic heterocycles. The molecule has 1 unspecified atom stereocenters. The molecule has 0 radical (unpaired) electrons. The summed E-state index contributed by atoms with van der Waals surface area (Å²) < 4.78 is 64.7. The number of phosphoric ester groups is 1. The van der Waals surface area contributed by atoms with Crippen molar-refractivity contribution in [2.45, 2.75) is 63.3 Å². The van der Waals surface area contributed by atoms with Crippen LogP contribution >= 0.6 is 42.6 Å². The van der Waals surface area contributed by atoms with E-state index in [0.29, 0.717) is 5.69 Å². The van der Waals surface area contributed by atoms with Gasteiger partial charge in [-0.2, -0.15) is 18.3 Å². The molecule has 23 nitrogen and oxygen atoms in total. The van der Waals surface area contributed by atoms with E-state index in [1.54, 1.807) is 39.1 Å². The number of nitrogens with zero attached hydrogens (tertiary/aromatic N) is 2. The molecular formula is C33H76N4O19P4S2. The average molecular weight is 1020 g/mol. The van der Waals surface area contributed by atoms with Crippen LogP contribution < -0.4 is 20.1 Å². The van der Waals surface area contributed by atoms with Gasteiger partial charge in [-0.05, 0) is 27.7 Å². The summed E-state index contributed by atoms with van der Waals surface area (Å²) in [6, 6.07) is 10.3. The van der Waals surface area contributed by atoms with Gasteiger partial charge in [-0.25, -0.2) is 17.8 Å². The third-order valence-corrected chi connectivity index (χ3v) is 7.57. The first-order chi connectivity index (χ1) is 26.5. The molecule has 6 N–H and O–H groups in total. The SMILES string of the molecule is C.C.CC(=O)N(C)C.CC(=O)NS(C)(=O)=O.CC(=O)O.CC(C)=O.COP(C)(C)=O.CO[P+](C)([O-])O.CO[P+]([O-])(O)OC.CP(C)(=O)O.Cc1ccccc1.Cc1ns[nH]c1=O. The second-order valence-corrected chi connectivity index (χ2v) is 23.1. The van der Waals surface area contributed by atoms with Crippen molar-refractivity contribution in [3.63, 3.8) is 0 Å². The van der Waals surface area contributed by atoms with Gasteiger partial charge in [0.1, 0.15) is 11.5 Å². The van der Waals surface area contributed by atoms with E-state index in [4.69, 9.17) is 24.6 Å². The molecule has 1 atom stereocenters. The smallest absolute Gasteiger partial charge is 0.376 e. The number of H-pyrrole nitrogens is 1. The maximum atomic E-state index is 10.4. The quantitative estimate of drug-likeness (QED) is 0.233. The van der Waals surface area contributed by atoms with Crippen LogP contribution in [0.3, 0.4) is 0 Å². The number of amides is 2. The molecule has 0 aliphatic carbocycles. The summed E-state index contributed by atoms with van der Waals surface area (Å²) >= 11 is 1.08. The van der Waals surface area contributed by atoms with E-state index in [1.807, 2.05) is 18.2 Å². The molecule has 29 heteroatoms. The molecule has 0 bridgehead atoms. The lowest BCUT2D eigenvalue weighted by Crippen LogP contribution is -2.26. The molecule has 1 heterocycles. The first-order valence-electron chi connectivity index (χ1n) is 16.0. The number of carbonyl (C=O) groups excluding carboxylic acids is 3. The Balaban J connectivity index is -0.0000000608. The zero-order valence-corrected chi connectivity index (χ0v) is 43.0. The van der Waals surface area contributed by atoms with Crippen LogP contribution in [0, 0.1) is 13.8 Å². The van der Waals surface area contributed by atoms with Gasteiger partial charge in [0.05, 0.1) is 34.2 Å². The van der Waals surface area contributed by atoms with Crippen LogP contribution in [-0.2, 0) is 56.4 Å². The summed E-state index contributed by atoms with van der Waals surface area (Å²) in [5, 5.41) is 7.42. The molecule has 374 valence electrons. The fraction of sp³-hybridized carbons (Fsp3) is 0.636. The minimum absolute atomic E-state index is 0. The van der Waals surface area contributed by atoms with Crippen molar-refractivity contribution >= 4 is 76.2 Å². The Hall–Kier alpha value is -2.43. The second-order valence-electron chi connectivity index (χ2n) is 11.7. The Bertz CT molecular complexity index is 1610. The number of aromatic nitrogens is 2. The molecule has 2 aromatic rings. The molecule has 1 aromatic carbocycles. The van der Waals surface area contributed by atoms with E-state index in [2.05, 4.69) is 45.9 Å². The number of carboxylic acids is 1. The zero-order chi connectivity index (χ0) is 50.3. The molecular weight excluding hydrogens is 944 g/mol. The van der Waals surface area contributed by atoms with Crippen LogP contribution in [0.4, 0.5) is 0 Å². The highest BCUT2D eigenvalue weighted by Crippen LogP contribution is 2.44. The summed E-state index contributed by atoms with van der Waals surface area (Å²) in [4.78, 5) is 94.8. The van der Waals surface area contributed by atoms with Gasteiger partial charge in [0.15, 0.2) is 14.7 Å². The van der Waals surface area contributed by atoms with Crippen LogP contribution in [0.15, 0.2) is 35.1 Å². The molecule has 0 spiro atoms. The number of rotatable bonds is 5. The number of aryl methyl sites for hydroxylation is 2. The highest BCUT2D eigenvalue weighted by Gasteiger charge is 2.20. The number of aliphatic carboxylic acids is 1. The van der Waals surface area contributed by atoms with Crippen LogP contribution in [-0.4, -0.2) is 148 Å². The Labute approximate surface area is 375 Å². The topological polar surface area (TPSA) is 362 Å². The monoisotopic (exact) mass is 1020 g/mol. The van der Waals surface area contributed by atoms with Gasteiger partial charge in [0.25, 0.3) is 11.5 Å². The molecule has 0 aliphatic rings. The van der Waals surface area contributed by atoms with Crippen molar-refractivity contribution in [1.82, 2.24) is 18.4 Å². The van der Waals surface area contributed by atoms with Crippen molar-refractivity contribution < 1.29 is 84.4 Å². The highest BCUT2D eigenvalue weighted by molar-refractivity contribution is 7.89. The first kappa shape index (κ1) is 83.2. The third-order valence-electron chi connectivity index (χ3n) is 3.79. The molecule has 0 saturated carbocycles. The van der Waals surface area contributed by atoms with Gasteiger partial charge >= 0.3 is 8.17 Å². The number of benzene rings is 1. The van der Waals surface area contributed by atoms with Gasteiger partial charge in [0, 0.05) is 80.4 Å². The number of ketones is 1. The third kappa shape index (κ3) is 138. The molecule has 0 fully saturated rings. The van der Waals surface area contributed by atoms with Gasteiger partial charge in [-0.3, -0.25) is 37.4 Å². The second kappa shape index (κ2) is 46.6. The fourth-order valence-corrected chi connectivity index (χ4v) is 2.29. The number of sulfonamides is 1. The van der Waals surface area contributed by atoms with E-state index in [-0.39, 0.29) is 32.1 Å². The number of hydrogen-bond donors (Lipinski definition) is 6. The summed E-state index contributed by atoms with van der Waals surface area (Å²) in [6.07, 6.45) is 0.925. The van der Waals surface area contributed by atoms with Crippen molar-refractivity contribution in [2.24, 2.45) is 0 Å². The number of phosphoric acid groups is 1. The number of hydrogen-bond acceptors (Lipinski definition) is 19. The lowest BCUT2D eigenvalue weighted by Gasteiger charge is -2.13. The largest absolute Gasteiger partial charge is 0.632 e. The lowest BCUT2D eigenvalue weighted by atomic mass is 10.2. The maximum Gasteiger partial charge on any atom is 0.376 e. The minimum Gasteiger partial charge on any atom is -0.632 e. The first-order valence-corrected chi connectivity index (χ1v) is 27.3. The summed E-state index contributed by atoms with van der Waals surface area (Å²) in [5.41, 5.74) is 1.79. The van der Waals surface area contributed by atoms with Crippen molar-refractivity contribution in [3.8, 4) is 0 Å². The Morgan fingerprint density at radius 2 is 1.13 bits per heavy atom. The van der Waals surface area contributed by atoms with Crippen LogP contribution in [0.2, 0.25) is 0 Å². The summed E-state index contributed by atoms with van der Waals surface area (Å²) in [5.74, 6) is -1.14. The van der Waals surface area contributed by atoms with E-state index in [9.17, 15) is 46.5 Å². The van der Waals surface area contributed by atoms with Crippen molar-refractivity contribution in [1.29, 1.82) is 0 Å². The molecule has 1 aromatic heterocycles. The summed E-state index contributed by atoms with van der Waals surface area (Å²) in [7, 11) is -6.62. The van der Waals surface area contributed by atoms with E-state index in [1.165, 1.54) is 58.8 Å². The van der Waals surface area contributed by atoms with E-state index >= 15 is 0 Å². The normalized spacial score (nSPS) is 10.4. The van der Waals surface area contributed by atoms with Crippen LogP contribution in [0.5, 0.6) is 0 Å². The molecule has 0 saturated heterocycles. The molecule has 2 amide bonds. The van der Waals surface area contributed by atoms with E-state index < -0.39 is 52.8 Å². The lowest BCUT2D eigenvalue weighted by molar-refractivity contribution is -0.237. The highest BCUT2D eigenvalue weighted by atomic mass is 32.2. The minimum atomic E-state index is -3.65. The Morgan fingerprint density at radius 1 is 0.855 bits per heavy atom. The molecule has 62 heavy (non-hydrogen) atoms. The number of nitrogens with one attached hydrogen (secondary N) is 2. The Morgan fingerprint density at radius 3 is 1.18 bits per heavy atom. The predicted molar refractivity (Wildman–Crippen MR) is 248 cm³/mol. The number of carboxylic acid groups (broad SMARTS) is 1. The predicted octanol–water partition coefficient (Wildman–Crippen LogP) is 3.64. The van der Waals surface area contributed by atoms with Gasteiger partial charge in [-0.15, -0.1) is 0 Å².